The van der Waals surface area contributed by atoms with E-state index in [2.05, 4.69) is 25.5 Å². The second-order valence-electron chi connectivity index (χ2n) is 4.77. The van der Waals surface area contributed by atoms with Crippen LogP contribution in [0.2, 0.25) is 0 Å². The van der Waals surface area contributed by atoms with Crippen molar-refractivity contribution < 1.29 is 9.15 Å². The first-order valence-corrected chi connectivity index (χ1v) is 7.40. The van der Waals surface area contributed by atoms with Crippen LogP contribution in [0.15, 0.2) is 40.8 Å². The molecular formula is C15H15N5O2S. The Morgan fingerprint density at radius 1 is 1.26 bits per heavy atom. The number of hydrogen-bond acceptors (Lipinski definition) is 7. The fourth-order valence-electron chi connectivity index (χ4n) is 1.95. The smallest absolute Gasteiger partial charge is 0.284 e. The molecule has 0 spiro atoms. The summed E-state index contributed by atoms with van der Waals surface area (Å²) in [6.07, 6.45) is 0. The molecule has 2 N–H and O–H groups in total. The molecule has 0 saturated heterocycles. The van der Waals surface area contributed by atoms with Crippen LogP contribution in [-0.4, -0.2) is 20.2 Å². The standard InChI is InChI=1S/C15H15N5O2S/c1-10-17-12(16-8-11-5-3-2-4-6-11)7-13(18-10)21-9-14-19-20-15(23)22-14/h2-7H,8-9H2,1H3,(H,20,23)(H,16,17,18). The number of H-pyrrole nitrogens is 1. The van der Waals surface area contributed by atoms with Crippen molar-refractivity contribution in [2.45, 2.75) is 20.1 Å². The van der Waals surface area contributed by atoms with E-state index in [1.165, 1.54) is 5.56 Å². The van der Waals surface area contributed by atoms with Gasteiger partial charge in [0.25, 0.3) is 10.7 Å². The Morgan fingerprint density at radius 3 is 2.83 bits per heavy atom. The van der Waals surface area contributed by atoms with Gasteiger partial charge >= 0.3 is 0 Å². The number of aromatic nitrogens is 4. The van der Waals surface area contributed by atoms with Crippen LogP contribution in [0.3, 0.4) is 0 Å². The molecule has 118 valence electrons. The molecule has 7 nitrogen and oxygen atoms in total. The van der Waals surface area contributed by atoms with Gasteiger partial charge in [-0.25, -0.2) is 10.1 Å². The Balaban J connectivity index is 1.65. The zero-order valence-corrected chi connectivity index (χ0v) is 13.3. The average molecular weight is 329 g/mol. The van der Waals surface area contributed by atoms with Crippen LogP contribution in [0.4, 0.5) is 5.82 Å². The molecule has 0 aliphatic carbocycles. The lowest BCUT2D eigenvalue weighted by atomic mass is 10.2. The van der Waals surface area contributed by atoms with Crippen molar-refractivity contribution in [1.29, 1.82) is 0 Å². The summed E-state index contributed by atoms with van der Waals surface area (Å²) < 4.78 is 10.7. The summed E-state index contributed by atoms with van der Waals surface area (Å²) in [5.41, 5.74) is 1.17. The van der Waals surface area contributed by atoms with Crippen LogP contribution >= 0.6 is 12.2 Å². The summed E-state index contributed by atoms with van der Waals surface area (Å²) >= 11 is 4.81. The van der Waals surface area contributed by atoms with E-state index < -0.39 is 0 Å². The normalized spacial score (nSPS) is 10.5. The summed E-state index contributed by atoms with van der Waals surface area (Å²) in [5, 5.41) is 9.66. The van der Waals surface area contributed by atoms with Crippen LogP contribution in [-0.2, 0) is 13.2 Å². The first-order valence-electron chi connectivity index (χ1n) is 7.00. The van der Waals surface area contributed by atoms with Gasteiger partial charge in [-0.1, -0.05) is 30.3 Å². The Labute approximate surface area is 137 Å². The predicted molar refractivity (Wildman–Crippen MR) is 86.6 cm³/mol. The molecule has 0 aliphatic heterocycles. The maximum absolute atomic E-state index is 5.57. The van der Waals surface area contributed by atoms with Gasteiger partial charge in [0.15, 0.2) is 6.61 Å². The molecule has 3 rings (SSSR count). The van der Waals surface area contributed by atoms with Gasteiger partial charge in [-0.2, -0.15) is 4.98 Å². The number of aryl methyl sites for hydroxylation is 1. The fourth-order valence-corrected chi connectivity index (χ4v) is 2.09. The van der Waals surface area contributed by atoms with E-state index in [4.69, 9.17) is 21.4 Å². The zero-order valence-electron chi connectivity index (χ0n) is 12.4. The van der Waals surface area contributed by atoms with Crippen molar-refractivity contribution in [2.75, 3.05) is 5.32 Å². The highest BCUT2D eigenvalue weighted by Gasteiger charge is 2.06. The second kappa shape index (κ2) is 7.01. The van der Waals surface area contributed by atoms with Crippen molar-refractivity contribution in [3.8, 4) is 5.88 Å². The number of aromatic amines is 1. The molecule has 0 aliphatic rings. The topological polar surface area (TPSA) is 88.9 Å². The molecule has 1 aromatic carbocycles. The third kappa shape index (κ3) is 4.36. The molecule has 0 atom stereocenters. The monoisotopic (exact) mass is 329 g/mol. The van der Waals surface area contributed by atoms with E-state index >= 15 is 0 Å². The van der Waals surface area contributed by atoms with Crippen molar-refractivity contribution in [2.24, 2.45) is 0 Å². The summed E-state index contributed by atoms with van der Waals surface area (Å²) in [6.45, 7) is 2.62. The van der Waals surface area contributed by atoms with Crippen LogP contribution in [0.25, 0.3) is 0 Å². The number of nitrogens with zero attached hydrogens (tertiary/aromatic N) is 3. The Kier molecular flexibility index (Phi) is 4.62. The van der Waals surface area contributed by atoms with E-state index in [1.807, 2.05) is 30.3 Å². The summed E-state index contributed by atoms with van der Waals surface area (Å²) in [7, 11) is 0. The van der Waals surface area contributed by atoms with Gasteiger partial charge in [-0.05, 0) is 24.7 Å². The van der Waals surface area contributed by atoms with Crippen LogP contribution < -0.4 is 10.1 Å². The lowest BCUT2D eigenvalue weighted by Gasteiger charge is -2.09. The van der Waals surface area contributed by atoms with Gasteiger partial charge in [0.1, 0.15) is 11.6 Å². The van der Waals surface area contributed by atoms with Crippen molar-refractivity contribution in [3.63, 3.8) is 0 Å². The van der Waals surface area contributed by atoms with Gasteiger partial charge in [0.05, 0.1) is 0 Å². The Bertz CT molecular complexity index is 831. The van der Waals surface area contributed by atoms with Crippen molar-refractivity contribution in [1.82, 2.24) is 20.2 Å². The average Bonchev–Trinajstić information content (AvgIpc) is 2.97. The first kappa shape index (κ1) is 15.2. The lowest BCUT2D eigenvalue weighted by Crippen LogP contribution is -2.05. The van der Waals surface area contributed by atoms with Gasteiger partial charge in [-0.3, -0.25) is 0 Å². The third-order valence-corrected chi connectivity index (χ3v) is 3.13. The molecule has 8 heteroatoms. The highest BCUT2D eigenvalue weighted by Crippen LogP contribution is 2.15. The number of ether oxygens (including phenoxy) is 1. The quantitative estimate of drug-likeness (QED) is 0.672. The third-order valence-electron chi connectivity index (χ3n) is 2.96. The Hall–Kier alpha value is -2.74. The number of nitrogens with one attached hydrogen (secondary N) is 2. The molecular weight excluding hydrogens is 314 g/mol. The molecule has 0 amide bonds. The summed E-state index contributed by atoms with van der Waals surface area (Å²) in [6, 6.07) is 11.8. The van der Waals surface area contributed by atoms with E-state index in [0.717, 1.165) is 0 Å². The van der Waals surface area contributed by atoms with Crippen LogP contribution in [0, 0.1) is 11.8 Å². The molecule has 2 heterocycles. The summed E-state index contributed by atoms with van der Waals surface area (Å²) in [5.74, 6) is 2.11. The number of rotatable bonds is 6. The number of anilines is 1. The van der Waals surface area contributed by atoms with Crippen LogP contribution in [0.5, 0.6) is 5.88 Å². The minimum Gasteiger partial charge on any atom is -0.467 e. The van der Waals surface area contributed by atoms with Gasteiger partial charge in [0, 0.05) is 12.6 Å². The molecule has 2 aromatic heterocycles. The summed E-state index contributed by atoms with van der Waals surface area (Å²) in [4.78, 5) is 8.79. The van der Waals surface area contributed by atoms with Crippen molar-refractivity contribution in [3.05, 3.63) is 58.5 Å². The molecule has 0 fully saturated rings. The Morgan fingerprint density at radius 2 is 2.09 bits per heavy atom. The highest BCUT2D eigenvalue weighted by atomic mass is 32.1. The zero-order chi connectivity index (χ0) is 16.1. The fraction of sp³-hybridized carbons (Fsp3) is 0.200. The van der Waals surface area contributed by atoms with E-state index in [0.29, 0.717) is 30.0 Å². The maximum Gasteiger partial charge on any atom is 0.284 e. The molecule has 23 heavy (non-hydrogen) atoms. The molecule has 3 aromatic rings. The van der Waals surface area contributed by atoms with E-state index in [9.17, 15) is 0 Å². The van der Waals surface area contributed by atoms with Crippen molar-refractivity contribution >= 4 is 18.0 Å². The molecule has 0 saturated carbocycles. The van der Waals surface area contributed by atoms with E-state index in [-0.39, 0.29) is 11.4 Å². The second-order valence-corrected chi connectivity index (χ2v) is 5.14. The maximum atomic E-state index is 5.57. The van der Waals surface area contributed by atoms with Gasteiger partial charge in [-0.15, -0.1) is 5.10 Å². The van der Waals surface area contributed by atoms with Gasteiger partial charge in [0.2, 0.25) is 5.88 Å². The lowest BCUT2D eigenvalue weighted by molar-refractivity contribution is 0.251. The molecule has 0 unspecified atom stereocenters. The minimum absolute atomic E-state index is 0.141. The predicted octanol–water partition coefficient (Wildman–Crippen LogP) is 3.02. The molecule has 0 radical (unpaired) electrons. The van der Waals surface area contributed by atoms with E-state index in [1.54, 1.807) is 13.0 Å². The number of hydrogen-bond donors (Lipinski definition) is 2. The SMILES string of the molecule is Cc1nc(NCc2ccccc2)cc(OCc2n[nH]c(=S)o2)n1. The van der Waals surface area contributed by atoms with Gasteiger partial charge < -0.3 is 14.5 Å². The largest absolute Gasteiger partial charge is 0.467 e. The first-order chi connectivity index (χ1) is 11.2. The number of benzene rings is 1. The van der Waals surface area contributed by atoms with Crippen LogP contribution in [0.1, 0.15) is 17.3 Å². The minimum atomic E-state index is 0.141. The highest BCUT2D eigenvalue weighted by molar-refractivity contribution is 7.71. The molecule has 0 bridgehead atoms.